The zero-order chi connectivity index (χ0) is 23.9. The Hall–Kier alpha value is -3.14. The number of ether oxygens (including phenoxy) is 1. The molecule has 8 nitrogen and oxygen atoms in total. The molecule has 0 aromatic heterocycles. The Kier molecular flexibility index (Phi) is 8.59. The van der Waals surface area contributed by atoms with Gasteiger partial charge in [0.05, 0.1) is 19.1 Å². The number of nitrogens with one attached hydrogen (secondary N) is 1. The molecular weight excluding hydrogens is 437 g/mol. The Morgan fingerprint density at radius 1 is 1.12 bits per heavy atom. The van der Waals surface area contributed by atoms with Crippen LogP contribution in [-0.2, 0) is 26.2 Å². The van der Waals surface area contributed by atoms with Gasteiger partial charge in [0, 0.05) is 13.1 Å². The van der Waals surface area contributed by atoms with E-state index in [1.165, 1.54) is 30.2 Å². The van der Waals surface area contributed by atoms with Gasteiger partial charge in [-0.15, -0.1) is 0 Å². The van der Waals surface area contributed by atoms with Crippen LogP contribution in [0.2, 0.25) is 0 Å². The zero-order valence-corrected chi connectivity index (χ0v) is 19.4. The second-order valence-corrected chi connectivity index (χ2v) is 9.07. The van der Waals surface area contributed by atoms with Crippen LogP contribution in [0.1, 0.15) is 19.4 Å². The van der Waals surface area contributed by atoms with Crippen LogP contribution in [0.5, 0.6) is 5.75 Å². The van der Waals surface area contributed by atoms with E-state index in [1.807, 2.05) is 0 Å². The Morgan fingerprint density at radius 3 is 2.28 bits per heavy atom. The van der Waals surface area contributed by atoms with Gasteiger partial charge in [-0.25, -0.2) is 12.8 Å². The fourth-order valence-electron chi connectivity index (χ4n) is 3.08. The molecule has 32 heavy (non-hydrogen) atoms. The molecule has 2 rings (SSSR count). The molecule has 0 fully saturated rings. The van der Waals surface area contributed by atoms with Gasteiger partial charge in [0.2, 0.25) is 21.8 Å². The van der Waals surface area contributed by atoms with Crippen LogP contribution in [0.15, 0.2) is 48.5 Å². The molecule has 1 N–H and O–H groups in total. The van der Waals surface area contributed by atoms with Crippen molar-refractivity contribution in [3.8, 4) is 5.75 Å². The summed E-state index contributed by atoms with van der Waals surface area (Å²) in [5.41, 5.74) is 0.477. The molecule has 0 radical (unpaired) electrons. The average Bonchev–Trinajstić information content (AvgIpc) is 2.75. The number of benzene rings is 2. The molecular formula is C22H28FN3O5S. The van der Waals surface area contributed by atoms with Gasteiger partial charge >= 0.3 is 0 Å². The molecule has 0 aliphatic carbocycles. The molecule has 0 bridgehead atoms. The van der Waals surface area contributed by atoms with Crippen LogP contribution in [0.4, 0.5) is 10.1 Å². The molecule has 0 heterocycles. The Bertz CT molecular complexity index is 1040. The van der Waals surface area contributed by atoms with Crippen molar-refractivity contribution in [3.05, 3.63) is 59.9 Å². The molecule has 0 aliphatic rings. The normalized spacial score (nSPS) is 12.0. The van der Waals surface area contributed by atoms with Gasteiger partial charge in [-0.2, -0.15) is 0 Å². The highest BCUT2D eigenvalue weighted by atomic mass is 32.2. The lowest BCUT2D eigenvalue weighted by atomic mass is 10.1. The van der Waals surface area contributed by atoms with E-state index < -0.39 is 34.3 Å². The van der Waals surface area contributed by atoms with E-state index in [1.54, 1.807) is 38.1 Å². The lowest BCUT2D eigenvalue weighted by Gasteiger charge is -2.31. The number of hydrogen-bond acceptors (Lipinski definition) is 5. The molecule has 2 amide bonds. The molecule has 0 saturated heterocycles. The van der Waals surface area contributed by atoms with Crippen molar-refractivity contribution in [2.24, 2.45) is 0 Å². The summed E-state index contributed by atoms with van der Waals surface area (Å²) >= 11 is 0. The third kappa shape index (κ3) is 6.43. The highest BCUT2D eigenvalue weighted by molar-refractivity contribution is 7.92. The summed E-state index contributed by atoms with van der Waals surface area (Å²) in [7, 11) is -2.45. The summed E-state index contributed by atoms with van der Waals surface area (Å²) in [5.74, 6) is -1.17. The molecule has 2 aromatic carbocycles. The van der Waals surface area contributed by atoms with Crippen LogP contribution in [0, 0.1) is 5.82 Å². The fourth-order valence-corrected chi connectivity index (χ4v) is 3.93. The molecule has 0 unspecified atom stereocenters. The van der Waals surface area contributed by atoms with Crippen molar-refractivity contribution >= 4 is 27.5 Å². The largest absolute Gasteiger partial charge is 0.497 e. The predicted octanol–water partition coefficient (Wildman–Crippen LogP) is 2.15. The van der Waals surface area contributed by atoms with Crippen molar-refractivity contribution in [1.82, 2.24) is 10.2 Å². The highest BCUT2D eigenvalue weighted by Gasteiger charge is 2.30. The van der Waals surface area contributed by atoms with Crippen molar-refractivity contribution < 1.29 is 27.1 Å². The van der Waals surface area contributed by atoms with Crippen LogP contribution in [0.25, 0.3) is 0 Å². The number of carbonyl (C=O) groups excluding carboxylic acids is 2. The number of anilines is 1. The molecule has 0 saturated carbocycles. The Labute approximate surface area is 188 Å². The topological polar surface area (TPSA) is 96.0 Å². The van der Waals surface area contributed by atoms with E-state index in [4.69, 9.17) is 4.74 Å². The number of carbonyl (C=O) groups is 2. The summed E-state index contributed by atoms with van der Waals surface area (Å²) in [6, 6.07) is 11.3. The number of rotatable bonds is 10. The number of sulfonamides is 1. The summed E-state index contributed by atoms with van der Waals surface area (Å²) in [6.07, 6.45) is 0.897. The van der Waals surface area contributed by atoms with Crippen molar-refractivity contribution in [2.75, 3.05) is 30.8 Å². The van der Waals surface area contributed by atoms with Crippen LogP contribution in [0.3, 0.4) is 0 Å². The fraction of sp³-hybridized carbons (Fsp3) is 0.364. The third-order valence-electron chi connectivity index (χ3n) is 4.83. The van der Waals surface area contributed by atoms with E-state index >= 15 is 0 Å². The van der Waals surface area contributed by atoms with Gasteiger partial charge in [-0.05, 0) is 43.7 Å². The number of amides is 2. The molecule has 174 valence electrons. The second kappa shape index (κ2) is 10.9. The minimum atomic E-state index is -3.98. The van der Waals surface area contributed by atoms with E-state index in [0.29, 0.717) is 22.2 Å². The second-order valence-electron chi connectivity index (χ2n) is 7.16. The molecule has 0 aliphatic heterocycles. The van der Waals surface area contributed by atoms with Gasteiger partial charge in [-0.3, -0.25) is 13.9 Å². The lowest BCUT2D eigenvalue weighted by molar-refractivity contribution is -0.139. The highest BCUT2D eigenvalue weighted by Crippen LogP contribution is 2.22. The van der Waals surface area contributed by atoms with Gasteiger partial charge in [0.1, 0.15) is 24.2 Å². The maximum Gasteiger partial charge on any atom is 0.244 e. The molecule has 1 atom stereocenters. The number of para-hydroxylation sites is 1. The van der Waals surface area contributed by atoms with Gasteiger partial charge in [0.15, 0.2) is 0 Å². The molecule has 10 heteroatoms. The first-order chi connectivity index (χ1) is 15.1. The SMILES string of the molecule is CCNC(=O)[C@@H](C)N(Cc1ccc(OC)cc1)C(=O)CN(c1ccccc1F)S(C)(=O)=O. The monoisotopic (exact) mass is 465 g/mol. The smallest absolute Gasteiger partial charge is 0.244 e. The number of hydrogen-bond donors (Lipinski definition) is 1. The van der Waals surface area contributed by atoms with Crippen molar-refractivity contribution in [1.29, 1.82) is 0 Å². The van der Waals surface area contributed by atoms with E-state index in [0.717, 1.165) is 12.3 Å². The lowest BCUT2D eigenvalue weighted by Crippen LogP contribution is -2.51. The van der Waals surface area contributed by atoms with Gasteiger partial charge in [-0.1, -0.05) is 24.3 Å². The summed E-state index contributed by atoms with van der Waals surface area (Å²) in [6.45, 7) is 3.08. The Morgan fingerprint density at radius 2 is 1.75 bits per heavy atom. The number of nitrogens with zero attached hydrogens (tertiary/aromatic N) is 2. The quantitative estimate of drug-likeness (QED) is 0.580. The number of halogens is 1. The first-order valence-corrected chi connectivity index (χ1v) is 11.9. The van der Waals surface area contributed by atoms with Gasteiger partial charge in [0.25, 0.3) is 0 Å². The zero-order valence-electron chi connectivity index (χ0n) is 18.5. The maximum absolute atomic E-state index is 14.3. The van der Waals surface area contributed by atoms with E-state index in [-0.39, 0.29) is 18.1 Å². The Balaban J connectivity index is 2.38. The minimum Gasteiger partial charge on any atom is -0.497 e. The number of methoxy groups -OCH3 is 1. The van der Waals surface area contributed by atoms with E-state index in [2.05, 4.69) is 5.32 Å². The van der Waals surface area contributed by atoms with Crippen LogP contribution >= 0.6 is 0 Å². The molecule has 0 spiro atoms. The summed E-state index contributed by atoms with van der Waals surface area (Å²) in [4.78, 5) is 27.0. The van der Waals surface area contributed by atoms with Crippen LogP contribution < -0.4 is 14.4 Å². The van der Waals surface area contributed by atoms with E-state index in [9.17, 15) is 22.4 Å². The third-order valence-corrected chi connectivity index (χ3v) is 5.96. The van der Waals surface area contributed by atoms with Crippen molar-refractivity contribution in [3.63, 3.8) is 0 Å². The van der Waals surface area contributed by atoms with Gasteiger partial charge < -0.3 is 15.0 Å². The number of likely N-dealkylation sites (N-methyl/N-ethyl adjacent to an activating group) is 1. The maximum atomic E-state index is 14.3. The standard InChI is InChI=1S/C22H28FN3O5S/c1-5-24-22(28)16(2)25(14-17-10-12-18(31-3)13-11-17)21(27)15-26(32(4,29)30)20-9-7-6-8-19(20)23/h6-13,16H,5,14-15H2,1-4H3,(H,24,28)/t16-/m1/s1. The average molecular weight is 466 g/mol. The first-order valence-electron chi connectivity index (χ1n) is 10.0. The van der Waals surface area contributed by atoms with Crippen molar-refractivity contribution in [2.45, 2.75) is 26.4 Å². The first kappa shape index (κ1) is 25.1. The predicted molar refractivity (Wildman–Crippen MR) is 120 cm³/mol. The summed E-state index contributed by atoms with van der Waals surface area (Å²) in [5, 5.41) is 2.66. The summed E-state index contributed by atoms with van der Waals surface area (Å²) < 4.78 is 44.9. The molecule has 2 aromatic rings. The minimum absolute atomic E-state index is 0.0516. The van der Waals surface area contributed by atoms with Crippen LogP contribution in [-0.4, -0.2) is 57.6 Å².